The first-order valence-electron chi connectivity index (χ1n) is 18.9. The Morgan fingerprint density at radius 3 is 2.16 bits per heavy atom. The van der Waals surface area contributed by atoms with Crippen molar-refractivity contribution in [2.45, 2.75) is 85.2 Å². The molecule has 1 aliphatic heterocycles. The second-order valence-electron chi connectivity index (χ2n) is 15.0. The highest BCUT2D eigenvalue weighted by atomic mass is 32.1. The quantitative estimate of drug-likeness (QED) is 0.109. The number of carbonyl (C=O) groups is 4. The average molecular weight is 800 g/mol. The van der Waals surface area contributed by atoms with Gasteiger partial charge in [-0.2, -0.15) is 5.10 Å². The largest absolute Gasteiger partial charge is 0.391 e. The van der Waals surface area contributed by atoms with Gasteiger partial charge in [0, 0.05) is 32.0 Å². The first-order chi connectivity index (χ1) is 26.6. The highest BCUT2D eigenvalue weighted by molar-refractivity contribution is 7.13. The van der Waals surface area contributed by atoms with Crippen molar-refractivity contribution < 1.29 is 43.2 Å². The lowest BCUT2D eigenvalue weighted by molar-refractivity contribution is -0.144. The summed E-state index contributed by atoms with van der Waals surface area (Å²) in [6.07, 6.45) is -0.226. The van der Waals surface area contributed by atoms with Crippen molar-refractivity contribution in [2.24, 2.45) is 11.1 Å². The van der Waals surface area contributed by atoms with Crippen LogP contribution >= 0.6 is 11.3 Å². The van der Waals surface area contributed by atoms with Crippen LogP contribution in [-0.4, -0.2) is 126 Å². The van der Waals surface area contributed by atoms with Crippen LogP contribution in [0.3, 0.4) is 0 Å². The Balaban J connectivity index is 1.10. The molecule has 1 fully saturated rings. The maximum atomic E-state index is 13.8. The van der Waals surface area contributed by atoms with Crippen molar-refractivity contribution in [1.29, 1.82) is 0 Å². The third-order valence-corrected chi connectivity index (χ3v) is 10.1. The molecule has 0 radical (unpaired) electrons. The van der Waals surface area contributed by atoms with Crippen molar-refractivity contribution >= 4 is 35.0 Å². The zero-order valence-corrected chi connectivity index (χ0v) is 34.1. The molecule has 1 aliphatic rings. The minimum Gasteiger partial charge on any atom is -0.391 e. The number of ether oxygens (including phenoxy) is 4. The Hall–Kier alpha value is -4.26. The van der Waals surface area contributed by atoms with Crippen LogP contribution in [0.25, 0.3) is 10.4 Å². The van der Waals surface area contributed by atoms with Gasteiger partial charge in [-0.3, -0.25) is 23.9 Å². The third kappa shape index (κ3) is 13.2. The van der Waals surface area contributed by atoms with E-state index in [1.807, 2.05) is 71.3 Å². The third-order valence-electron chi connectivity index (χ3n) is 9.09. The molecule has 16 nitrogen and oxygen atoms in total. The summed E-state index contributed by atoms with van der Waals surface area (Å²) < 4.78 is 23.7. The minimum absolute atomic E-state index is 0.0152. The Bertz CT molecular complexity index is 1740. The van der Waals surface area contributed by atoms with Gasteiger partial charge in [0.05, 0.1) is 74.1 Å². The molecule has 0 unspecified atom stereocenters. The number of aromatic nitrogens is 3. The average Bonchev–Trinajstić information content (AvgIpc) is 3.89. The summed E-state index contributed by atoms with van der Waals surface area (Å²) in [5, 5.41) is 20.6. The van der Waals surface area contributed by atoms with Crippen molar-refractivity contribution in [1.82, 2.24) is 30.3 Å². The molecule has 0 bridgehead atoms. The zero-order chi connectivity index (χ0) is 40.8. The highest BCUT2D eigenvalue weighted by Crippen LogP contribution is 2.28. The van der Waals surface area contributed by atoms with Gasteiger partial charge in [0.15, 0.2) is 0 Å². The Labute approximate surface area is 332 Å². The van der Waals surface area contributed by atoms with E-state index in [-0.39, 0.29) is 51.3 Å². The molecule has 3 heterocycles. The predicted octanol–water partition coefficient (Wildman–Crippen LogP) is 2.41. The van der Waals surface area contributed by atoms with Gasteiger partial charge in [-0.05, 0) is 43.4 Å². The van der Waals surface area contributed by atoms with Crippen molar-refractivity contribution in [3.8, 4) is 10.4 Å². The molecule has 4 rings (SSSR count). The predicted molar refractivity (Wildman–Crippen MR) is 210 cm³/mol. The van der Waals surface area contributed by atoms with Crippen molar-refractivity contribution in [3.05, 3.63) is 58.5 Å². The number of hydrogen-bond acceptors (Lipinski definition) is 12. The van der Waals surface area contributed by atoms with E-state index in [4.69, 9.17) is 24.7 Å². The monoisotopic (exact) mass is 799 g/mol. The van der Waals surface area contributed by atoms with Crippen LogP contribution in [0.1, 0.15) is 74.5 Å². The van der Waals surface area contributed by atoms with E-state index >= 15 is 0 Å². The number of aliphatic hydroxyl groups excluding tert-OH is 1. The molecule has 4 amide bonds. The zero-order valence-electron chi connectivity index (χ0n) is 33.2. The minimum atomic E-state index is -0.961. The molecule has 1 aromatic carbocycles. The SMILES string of the molecule is Cc1ncsc1-c1ccc(CNC(=O)[C@@H]2C[C@@H](O)CN2C(=O)[C@@H](NC(=O)COCCOCCOCCOCCc2cc(C(N)=O)n(C(C)C)n2)C(C)(C)C)cc1. The summed E-state index contributed by atoms with van der Waals surface area (Å²) in [7, 11) is 0. The van der Waals surface area contributed by atoms with E-state index in [2.05, 4.69) is 20.7 Å². The molecule has 1 saturated heterocycles. The Kier molecular flexibility index (Phi) is 16.9. The molecule has 308 valence electrons. The first-order valence-corrected chi connectivity index (χ1v) is 19.8. The van der Waals surface area contributed by atoms with Gasteiger partial charge in [0.2, 0.25) is 17.7 Å². The highest BCUT2D eigenvalue weighted by Gasteiger charge is 2.44. The number of benzene rings is 1. The molecule has 5 N–H and O–H groups in total. The summed E-state index contributed by atoms with van der Waals surface area (Å²) in [5.74, 6) is -1.82. The number of amides is 4. The van der Waals surface area contributed by atoms with Gasteiger partial charge in [-0.15, -0.1) is 11.3 Å². The van der Waals surface area contributed by atoms with Crippen LogP contribution in [0.4, 0.5) is 0 Å². The van der Waals surface area contributed by atoms with Crippen LogP contribution in [0.5, 0.6) is 0 Å². The van der Waals surface area contributed by atoms with Gasteiger partial charge in [-0.25, -0.2) is 4.98 Å². The number of nitrogens with one attached hydrogen (secondary N) is 2. The number of nitrogens with two attached hydrogens (primary N) is 1. The number of aryl methyl sites for hydroxylation is 1. The van der Waals surface area contributed by atoms with E-state index in [9.17, 15) is 24.3 Å². The fraction of sp³-hybridized carbons (Fsp3) is 0.590. The lowest BCUT2D eigenvalue weighted by Gasteiger charge is -2.35. The first kappa shape index (κ1) is 44.5. The van der Waals surface area contributed by atoms with Crippen LogP contribution in [0.2, 0.25) is 0 Å². The molecule has 0 saturated carbocycles. The van der Waals surface area contributed by atoms with E-state index in [0.717, 1.165) is 27.4 Å². The van der Waals surface area contributed by atoms with Crippen molar-refractivity contribution in [3.63, 3.8) is 0 Å². The van der Waals surface area contributed by atoms with Gasteiger partial charge in [-0.1, -0.05) is 45.0 Å². The molecule has 17 heteroatoms. The van der Waals surface area contributed by atoms with Gasteiger partial charge >= 0.3 is 0 Å². The number of primary amides is 1. The summed E-state index contributed by atoms with van der Waals surface area (Å²) >= 11 is 1.57. The molecular formula is C39H57N7O9S. The molecule has 2 aromatic heterocycles. The molecule has 0 spiro atoms. The van der Waals surface area contributed by atoms with Crippen LogP contribution in [0.15, 0.2) is 35.8 Å². The van der Waals surface area contributed by atoms with Gasteiger partial charge in [0.25, 0.3) is 5.91 Å². The van der Waals surface area contributed by atoms with E-state index < -0.39 is 41.3 Å². The number of rotatable bonds is 22. The smallest absolute Gasteiger partial charge is 0.266 e. The maximum Gasteiger partial charge on any atom is 0.266 e. The number of nitrogens with zero attached hydrogens (tertiary/aromatic N) is 4. The normalized spacial score (nSPS) is 16.3. The topological polar surface area (TPSA) is 209 Å². The van der Waals surface area contributed by atoms with Gasteiger partial charge < -0.3 is 45.3 Å². The number of carbonyl (C=O) groups excluding carboxylic acids is 4. The summed E-state index contributed by atoms with van der Waals surface area (Å²) in [6.45, 7) is 13.5. The number of aliphatic hydroxyl groups is 1. The molecule has 56 heavy (non-hydrogen) atoms. The van der Waals surface area contributed by atoms with E-state index in [1.165, 1.54) is 4.90 Å². The fourth-order valence-electron chi connectivity index (χ4n) is 6.13. The Morgan fingerprint density at radius 1 is 0.982 bits per heavy atom. The number of hydrogen-bond donors (Lipinski definition) is 4. The van der Waals surface area contributed by atoms with Crippen LogP contribution in [0, 0.1) is 12.3 Å². The molecule has 3 aromatic rings. The second-order valence-corrected chi connectivity index (χ2v) is 15.9. The van der Waals surface area contributed by atoms with Crippen molar-refractivity contribution in [2.75, 3.05) is 59.4 Å². The standard InChI is InChI=1S/C39H57N7O9S/c1-25(2)46-31(36(40)49)19-29(44-46)11-12-52-13-14-53-15-16-54-17-18-55-23-33(48)43-35(39(4,5)6)38(51)45-22-30(47)20-32(45)37(50)41-21-27-7-9-28(10-8-27)34-26(3)42-24-56-34/h7-10,19,24-25,30,32,35,47H,11-18,20-23H2,1-6H3,(H2,40,49)(H,41,50)(H,43,48)/t30-,32+,35-/m1/s1. The van der Waals surface area contributed by atoms with E-state index in [1.54, 1.807) is 22.1 Å². The lowest BCUT2D eigenvalue weighted by atomic mass is 9.85. The number of likely N-dealkylation sites (tertiary alicyclic amines) is 1. The Morgan fingerprint density at radius 2 is 1.61 bits per heavy atom. The number of thiazole rings is 1. The summed E-state index contributed by atoms with van der Waals surface area (Å²) in [4.78, 5) is 58.4. The van der Waals surface area contributed by atoms with E-state index in [0.29, 0.717) is 45.1 Å². The summed E-state index contributed by atoms with van der Waals surface area (Å²) in [5.41, 5.74) is 10.6. The lowest BCUT2D eigenvalue weighted by Crippen LogP contribution is -2.58. The van der Waals surface area contributed by atoms with Gasteiger partial charge in [0.1, 0.15) is 24.4 Å². The molecule has 3 atom stereocenters. The molecule has 0 aliphatic carbocycles. The second kappa shape index (κ2) is 21.3. The summed E-state index contributed by atoms with van der Waals surface area (Å²) in [6, 6.07) is 7.72. The molecular weight excluding hydrogens is 743 g/mol. The van der Waals surface area contributed by atoms with Crippen LogP contribution < -0.4 is 16.4 Å². The van der Waals surface area contributed by atoms with Crippen LogP contribution in [-0.2, 0) is 46.3 Å². The fourth-order valence-corrected chi connectivity index (χ4v) is 6.94. The number of β-amino-alcohol motifs (C(OH)–C–C–N with tert-alkyl or cyclic N) is 1. The maximum absolute atomic E-state index is 13.8.